The molecule has 138 valence electrons. The van der Waals surface area contributed by atoms with Crippen molar-refractivity contribution in [3.05, 3.63) is 70.7 Å². The zero-order chi connectivity index (χ0) is 18.3. The Kier molecular flexibility index (Phi) is 4.35. The lowest BCUT2D eigenvalue weighted by atomic mass is 9.66. The Morgan fingerprint density at radius 1 is 0.926 bits per heavy atom. The second kappa shape index (κ2) is 6.86. The van der Waals surface area contributed by atoms with Gasteiger partial charge in [-0.15, -0.1) is 0 Å². The molecule has 27 heavy (non-hydrogen) atoms. The van der Waals surface area contributed by atoms with Crippen LogP contribution in [0.1, 0.15) is 11.1 Å². The molecule has 4 aliphatic heterocycles. The number of halogens is 1. The summed E-state index contributed by atoms with van der Waals surface area (Å²) in [6, 6.07) is 18.6. The summed E-state index contributed by atoms with van der Waals surface area (Å²) >= 11 is 5.97. The van der Waals surface area contributed by atoms with E-state index in [9.17, 15) is 0 Å². The van der Waals surface area contributed by atoms with E-state index in [0.717, 1.165) is 49.9 Å². The third-order valence-electron chi connectivity index (χ3n) is 6.12. The van der Waals surface area contributed by atoms with Gasteiger partial charge in [-0.1, -0.05) is 54.1 Å². The molecule has 0 spiro atoms. The molecule has 4 fully saturated rings. The first-order valence-electron chi connectivity index (χ1n) is 9.60. The molecule has 0 saturated carbocycles. The van der Waals surface area contributed by atoms with E-state index in [1.165, 1.54) is 11.3 Å². The van der Waals surface area contributed by atoms with Gasteiger partial charge < -0.3 is 9.80 Å². The summed E-state index contributed by atoms with van der Waals surface area (Å²) in [7, 11) is 0. The molecular weight excluding hydrogens is 356 g/mol. The van der Waals surface area contributed by atoms with E-state index in [2.05, 4.69) is 45.2 Å². The second-order valence-corrected chi connectivity index (χ2v) is 8.33. The molecular formula is C22H23ClN4. The predicted molar refractivity (Wildman–Crippen MR) is 111 cm³/mol. The first-order chi connectivity index (χ1) is 13.2. The highest BCUT2D eigenvalue weighted by Gasteiger charge is 2.53. The molecule has 5 heteroatoms. The molecule has 4 saturated heterocycles. The highest BCUT2D eigenvalue weighted by molar-refractivity contribution is 6.30. The lowest BCUT2D eigenvalue weighted by molar-refractivity contribution is 0.164. The molecule has 0 N–H and O–H groups in total. The number of rotatable bonds is 3. The summed E-state index contributed by atoms with van der Waals surface area (Å²) < 4.78 is 0. The van der Waals surface area contributed by atoms with Crippen molar-refractivity contribution in [3.63, 3.8) is 0 Å². The van der Waals surface area contributed by atoms with Crippen LogP contribution in [0, 0.1) is 5.92 Å². The van der Waals surface area contributed by atoms with Gasteiger partial charge in [0.2, 0.25) is 0 Å². The molecule has 2 aromatic carbocycles. The monoisotopic (exact) mass is 378 g/mol. The Hall–Kier alpha value is -2.01. The molecule has 2 unspecified atom stereocenters. The third-order valence-corrected chi connectivity index (χ3v) is 6.37. The first kappa shape index (κ1) is 17.1. The number of hydrogen-bond acceptors (Lipinski definition) is 4. The minimum absolute atomic E-state index is 0.0454. The van der Waals surface area contributed by atoms with Gasteiger partial charge in [0, 0.05) is 50.2 Å². The van der Waals surface area contributed by atoms with Crippen LogP contribution in [0.25, 0.3) is 0 Å². The lowest BCUT2D eigenvalue weighted by Gasteiger charge is -2.50. The van der Waals surface area contributed by atoms with Gasteiger partial charge in [0.05, 0.1) is 17.3 Å². The van der Waals surface area contributed by atoms with Gasteiger partial charge in [-0.05, 0) is 23.3 Å². The van der Waals surface area contributed by atoms with Crippen LogP contribution in [-0.4, -0.2) is 61.0 Å². The van der Waals surface area contributed by atoms with Gasteiger partial charge in [-0.2, -0.15) is 10.2 Å². The largest absolute Gasteiger partial charge is 0.300 e. The van der Waals surface area contributed by atoms with Crippen LogP contribution in [0.5, 0.6) is 0 Å². The van der Waals surface area contributed by atoms with Gasteiger partial charge >= 0.3 is 0 Å². The lowest BCUT2D eigenvalue weighted by Crippen LogP contribution is -2.63. The van der Waals surface area contributed by atoms with Crippen molar-refractivity contribution in [3.8, 4) is 0 Å². The molecule has 4 bridgehead atoms. The topological polar surface area (TPSA) is 31.2 Å². The number of nitrogens with zero attached hydrogens (tertiary/aromatic N) is 4. The number of benzene rings is 2. The summed E-state index contributed by atoms with van der Waals surface area (Å²) in [5.74, 6) is 0.456. The smallest absolute Gasteiger partial charge is 0.0612 e. The average molecular weight is 379 g/mol. The van der Waals surface area contributed by atoms with Crippen molar-refractivity contribution in [1.29, 1.82) is 0 Å². The summed E-state index contributed by atoms with van der Waals surface area (Å²) in [4.78, 5) is 5.24. The SMILES string of the molecule is Clc1ccc(/C=N/N=C2\C3CN4CCN(C3)CC2(c2ccccc2)C4)cc1. The Morgan fingerprint density at radius 3 is 2.26 bits per heavy atom. The van der Waals surface area contributed by atoms with Crippen LogP contribution < -0.4 is 0 Å². The van der Waals surface area contributed by atoms with Crippen molar-refractivity contribution in [2.24, 2.45) is 16.1 Å². The van der Waals surface area contributed by atoms with Gasteiger partial charge in [-0.25, -0.2) is 0 Å². The normalized spacial score (nSPS) is 33.7. The van der Waals surface area contributed by atoms with Gasteiger partial charge in [0.15, 0.2) is 0 Å². The second-order valence-electron chi connectivity index (χ2n) is 7.90. The summed E-state index contributed by atoms with van der Waals surface area (Å²) in [5.41, 5.74) is 3.60. The fourth-order valence-corrected chi connectivity index (χ4v) is 5.07. The Morgan fingerprint density at radius 2 is 1.59 bits per heavy atom. The molecule has 2 aromatic rings. The molecule has 0 aliphatic carbocycles. The highest BCUT2D eigenvalue weighted by Crippen LogP contribution is 2.41. The minimum Gasteiger partial charge on any atom is -0.300 e. The van der Waals surface area contributed by atoms with E-state index in [-0.39, 0.29) is 5.41 Å². The maximum absolute atomic E-state index is 5.97. The van der Waals surface area contributed by atoms with Crippen LogP contribution in [0.4, 0.5) is 0 Å². The molecule has 4 heterocycles. The quantitative estimate of drug-likeness (QED) is 0.606. The standard InChI is InChI=1S/C22H23ClN4/c23-20-8-6-17(7-9-20)12-24-25-21-18-13-26-10-11-27(14-18)16-22(21,15-26)19-4-2-1-3-5-19/h1-9,12,18H,10-11,13-16H2/b24-12+,25-21+. The van der Waals surface area contributed by atoms with Gasteiger partial charge in [-0.3, -0.25) is 0 Å². The van der Waals surface area contributed by atoms with Crippen LogP contribution >= 0.6 is 11.6 Å². The summed E-state index contributed by atoms with van der Waals surface area (Å²) in [6.45, 7) is 6.60. The zero-order valence-corrected chi connectivity index (χ0v) is 16.0. The van der Waals surface area contributed by atoms with E-state index >= 15 is 0 Å². The highest BCUT2D eigenvalue weighted by atomic mass is 35.5. The average Bonchev–Trinajstić information content (AvgIpc) is 2.94. The molecule has 6 rings (SSSR count). The van der Waals surface area contributed by atoms with Crippen molar-refractivity contribution >= 4 is 23.5 Å². The van der Waals surface area contributed by atoms with Crippen LogP contribution in [0.3, 0.4) is 0 Å². The van der Waals surface area contributed by atoms with Crippen LogP contribution in [-0.2, 0) is 5.41 Å². The maximum Gasteiger partial charge on any atom is 0.0612 e. The Labute approximate surface area is 165 Å². The summed E-state index contributed by atoms with van der Waals surface area (Å²) in [6.07, 6.45) is 1.83. The molecule has 4 nitrogen and oxygen atoms in total. The zero-order valence-electron chi connectivity index (χ0n) is 15.3. The van der Waals surface area contributed by atoms with E-state index in [4.69, 9.17) is 16.7 Å². The predicted octanol–water partition coefficient (Wildman–Crippen LogP) is 3.31. The summed E-state index contributed by atoms with van der Waals surface area (Å²) in [5, 5.41) is 10.1. The molecule has 4 aliphatic rings. The Bertz CT molecular complexity index is 859. The molecule has 0 radical (unpaired) electrons. The van der Waals surface area contributed by atoms with E-state index in [0.29, 0.717) is 5.92 Å². The van der Waals surface area contributed by atoms with Gasteiger partial charge in [0.1, 0.15) is 0 Å². The first-order valence-corrected chi connectivity index (χ1v) is 9.98. The van der Waals surface area contributed by atoms with Crippen LogP contribution in [0.2, 0.25) is 5.02 Å². The van der Waals surface area contributed by atoms with E-state index < -0.39 is 0 Å². The van der Waals surface area contributed by atoms with Crippen molar-refractivity contribution in [2.75, 3.05) is 39.3 Å². The Balaban J connectivity index is 1.54. The molecule has 2 atom stereocenters. The van der Waals surface area contributed by atoms with E-state index in [1.807, 2.05) is 30.5 Å². The number of piperidine rings is 2. The molecule has 0 aromatic heterocycles. The minimum atomic E-state index is -0.0454. The fourth-order valence-electron chi connectivity index (χ4n) is 4.94. The fraction of sp³-hybridized carbons (Fsp3) is 0.364. The maximum atomic E-state index is 5.97. The number of fused-ring (bicyclic) bond motifs is 1. The van der Waals surface area contributed by atoms with Crippen molar-refractivity contribution < 1.29 is 0 Å². The van der Waals surface area contributed by atoms with Crippen LogP contribution in [0.15, 0.2) is 64.8 Å². The van der Waals surface area contributed by atoms with Gasteiger partial charge in [0.25, 0.3) is 0 Å². The van der Waals surface area contributed by atoms with Crippen molar-refractivity contribution in [1.82, 2.24) is 9.80 Å². The number of hydrogen-bond donors (Lipinski definition) is 0. The molecule has 0 amide bonds. The van der Waals surface area contributed by atoms with Crippen molar-refractivity contribution in [2.45, 2.75) is 5.41 Å². The third kappa shape index (κ3) is 3.12. The van der Waals surface area contributed by atoms with E-state index in [1.54, 1.807) is 0 Å².